The van der Waals surface area contributed by atoms with Gasteiger partial charge in [-0.2, -0.15) is 0 Å². The first kappa shape index (κ1) is 15.3. The van der Waals surface area contributed by atoms with Gasteiger partial charge in [0.05, 0.1) is 5.75 Å². The summed E-state index contributed by atoms with van der Waals surface area (Å²) in [5.74, 6) is -0.367. The van der Waals surface area contributed by atoms with E-state index in [1.165, 1.54) is 6.07 Å². The molecule has 0 aliphatic carbocycles. The highest BCUT2D eigenvalue weighted by molar-refractivity contribution is 8.00. The molecule has 2 heterocycles. The van der Waals surface area contributed by atoms with E-state index in [0.717, 1.165) is 0 Å². The smallest absolute Gasteiger partial charge is 0.293 e. The number of aromatic nitrogens is 1. The van der Waals surface area contributed by atoms with Gasteiger partial charge in [-0.25, -0.2) is 8.42 Å². The lowest BCUT2D eigenvalue weighted by Gasteiger charge is -2.20. The fourth-order valence-electron chi connectivity index (χ4n) is 2.23. The Labute approximate surface area is 132 Å². The van der Waals surface area contributed by atoms with Crippen molar-refractivity contribution in [3.8, 4) is 0 Å². The molecule has 3 rings (SSSR count). The second kappa shape index (κ2) is 5.88. The van der Waals surface area contributed by atoms with Crippen LogP contribution in [0.4, 0.5) is 5.82 Å². The molecule has 120 valence electrons. The first-order chi connectivity index (χ1) is 11.0. The minimum atomic E-state index is -3.61. The van der Waals surface area contributed by atoms with Crippen LogP contribution in [-0.4, -0.2) is 31.8 Å². The Hall–Kier alpha value is -2.61. The van der Waals surface area contributed by atoms with Crippen molar-refractivity contribution in [1.82, 2.24) is 5.16 Å². The molecular weight excluding hydrogens is 320 g/mol. The second-order valence-electron chi connectivity index (χ2n) is 4.97. The average molecular weight is 334 g/mol. The minimum Gasteiger partial charge on any atom is -0.486 e. The average Bonchev–Trinajstić information content (AvgIpc) is 2.92. The Kier molecular flexibility index (Phi) is 3.91. The zero-order valence-corrected chi connectivity index (χ0v) is 13.1. The predicted octanol–water partition coefficient (Wildman–Crippen LogP) is 1.74. The molecule has 1 N–H and O–H groups in total. The molecule has 8 heteroatoms. The third-order valence-electron chi connectivity index (χ3n) is 3.23. The van der Waals surface area contributed by atoms with Gasteiger partial charge in [0.25, 0.3) is 5.91 Å². The summed E-state index contributed by atoms with van der Waals surface area (Å²) in [7, 11) is -3.61. The SMILES string of the molecule is Cc1cc(NC(=O)C2=C(c3ccccc3)S(=O)(=O)CCO2)no1. The van der Waals surface area contributed by atoms with E-state index in [9.17, 15) is 13.2 Å². The Morgan fingerprint density at radius 3 is 2.65 bits per heavy atom. The summed E-state index contributed by atoms with van der Waals surface area (Å²) in [6, 6.07) is 9.92. The Morgan fingerprint density at radius 2 is 2.00 bits per heavy atom. The largest absolute Gasteiger partial charge is 0.486 e. The topological polar surface area (TPSA) is 98.5 Å². The number of nitrogens with zero attached hydrogens (tertiary/aromatic N) is 1. The van der Waals surface area contributed by atoms with Crippen LogP contribution < -0.4 is 5.32 Å². The van der Waals surface area contributed by atoms with Crippen LogP contribution in [0.15, 0.2) is 46.7 Å². The summed E-state index contributed by atoms with van der Waals surface area (Å²) < 4.78 is 35.0. The number of hydrogen-bond donors (Lipinski definition) is 1. The number of rotatable bonds is 3. The summed E-state index contributed by atoms with van der Waals surface area (Å²) in [5.41, 5.74) is 0.411. The number of ether oxygens (including phenoxy) is 1. The number of amides is 1. The van der Waals surface area contributed by atoms with Crippen LogP contribution in [0.5, 0.6) is 0 Å². The second-order valence-corrected chi connectivity index (χ2v) is 7.01. The molecule has 2 aromatic rings. The number of aryl methyl sites for hydroxylation is 1. The first-order valence-corrected chi connectivity index (χ1v) is 8.52. The van der Waals surface area contributed by atoms with Crippen molar-refractivity contribution in [2.45, 2.75) is 6.92 Å². The fraction of sp³-hybridized carbons (Fsp3) is 0.200. The lowest BCUT2D eigenvalue weighted by molar-refractivity contribution is -0.116. The van der Waals surface area contributed by atoms with Crippen molar-refractivity contribution in [3.63, 3.8) is 0 Å². The molecule has 0 fully saturated rings. The molecule has 7 nitrogen and oxygen atoms in total. The first-order valence-electron chi connectivity index (χ1n) is 6.87. The highest BCUT2D eigenvalue weighted by atomic mass is 32.2. The van der Waals surface area contributed by atoms with Gasteiger partial charge in [-0.3, -0.25) is 4.79 Å². The number of carbonyl (C=O) groups is 1. The normalized spacial score (nSPS) is 16.7. The maximum atomic E-state index is 12.4. The molecule has 0 bridgehead atoms. The molecule has 23 heavy (non-hydrogen) atoms. The summed E-state index contributed by atoms with van der Waals surface area (Å²) >= 11 is 0. The van der Waals surface area contributed by atoms with Crippen molar-refractivity contribution >= 4 is 26.5 Å². The van der Waals surface area contributed by atoms with Gasteiger partial charge < -0.3 is 14.6 Å². The molecule has 0 saturated carbocycles. The lowest BCUT2D eigenvalue weighted by Crippen LogP contribution is -2.28. The van der Waals surface area contributed by atoms with E-state index in [4.69, 9.17) is 9.26 Å². The summed E-state index contributed by atoms with van der Waals surface area (Å²) in [6.07, 6.45) is 0. The lowest BCUT2D eigenvalue weighted by atomic mass is 10.2. The van der Waals surface area contributed by atoms with Crippen molar-refractivity contribution in [2.75, 3.05) is 17.7 Å². The molecule has 1 amide bonds. The minimum absolute atomic E-state index is 0.0702. The number of benzene rings is 1. The van der Waals surface area contributed by atoms with Crippen LogP contribution in [0.2, 0.25) is 0 Å². The monoisotopic (exact) mass is 334 g/mol. The van der Waals surface area contributed by atoms with Crippen molar-refractivity contribution < 1.29 is 22.5 Å². The van der Waals surface area contributed by atoms with E-state index >= 15 is 0 Å². The molecule has 1 aromatic heterocycles. The molecule has 0 unspecified atom stereocenters. The van der Waals surface area contributed by atoms with E-state index in [2.05, 4.69) is 10.5 Å². The van der Waals surface area contributed by atoms with Crippen molar-refractivity contribution in [3.05, 3.63) is 53.5 Å². The summed E-state index contributed by atoms with van der Waals surface area (Å²) in [4.78, 5) is 12.3. The summed E-state index contributed by atoms with van der Waals surface area (Å²) in [6.45, 7) is 1.61. The van der Waals surface area contributed by atoms with Gasteiger partial charge in [0.15, 0.2) is 15.7 Å². The maximum absolute atomic E-state index is 12.4. The molecular formula is C15H14N2O5S. The van der Waals surface area contributed by atoms with Gasteiger partial charge in [-0.05, 0) is 12.5 Å². The van der Waals surface area contributed by atoms with Crippen LogP contribution in [0.1, 0.15) is 11.3 Å². The molecule has 0 spiro atoms. The van der Waals surface area contributed by atoms with Crippen molar-refractivity contribution in [2.24, 2.45) is 0 Å². The van der Waals surface area contributed by atoms with Crippen LogP contribution in [0.3, 0.4) is 0 Å². The number of hydrogen-bond acceptors (Lipinski definition) is 6. The van der Waals surface area contributed by atoms with Gasteiger partial charge in [-0.1, -0.05) is 35.5 Å². The number of carbonyl (C=O) groups excluding carboxylic acids is 1. The third-order valence-corrected chi connectivity index (χ3v) is 4.97. The van der Waals surface area contributed by atoms with E-state index in [1.54, 1.807) is 37.3 Å². The van der Waals surface area contributed by atoms with Gasteiger partial charge in [0.2, 0.25) is 5.76 Å². The molecule has 1 aliphatic rings. The zero-order valence-electron chi connectivity index (χ0n) is 12.3. The van der Waals surface area contributed by atoms with Crippen LogP contribution in [-0.2, 0) is 19.4 Å². The highest BCUT2D eigenvalue weighted by Crippen LogP contribution is 2.30. The summed E-state index contributed by atoms with van der Waals surface area (Å²) in [5, 5.41) is 6.13. The standard InChI is InChI=1S/C15H14N2O5S/c1-10-9-12(17-22-10)16-15(18)13-14(11-5-3-2-4-6-11)23(19,20)8-7-21-13/h2-6,9H,7-8H2,1H3,(H,16,17,18). The van der Waals surface area contributed by atoms with Gasteiger partial charge in [-0.15, -0.1) is 0 Å². The molecule has 1 aromatic carbocycles. The number of nitrogens with one attached hydrogen (secondary N) is 1. The van der Waals surface area contributed by atoms with Crippen LogP contribution in [0.25, 0.3) is 4.91 Å². The molecule has 0 radical (unpaired) electrons. The van der Waals surface area contributed by atoms with E-state index in [-0.39, 0.29) is 28.8 Å². The van der Waals surface area contributed by atoms with E-state index < -0.39 is 15.7 Å². The Morgan fingerprint density at radius 1 is 1.26 bits per heavy atom. The fourth-order valence-corrected chi connectivity index (χ4v) is 3.67. The number of sulfone groups is 1. The van der Waals surface area contributed by atoms with Gasteiger partial charge in [0.1, 0.15) is 17.3 Å². The zero-order chi connectivity index (χ0) is 16.4. The Bertz CT molecular complexity index is 868. The molecule has 1 aliphatic heterocycles. The quantitative estimate of drug-likeness (QED) is 0.918. The van der Waals surface area contributed by atoms with Crippen molar-refractivity contribution in [1.29, 1.82) is 0 Å². The number of anilines is 1. The third kappa shape index (κ3) is 3.11. The molecule has 0 saturated heterocycles. The Balaban J connectivity index is 2.04. The predicted molar refractivity (Wildman–Crippen MR) is 83.0 cm³/mol. The maximum Gasteiger partial charge on any atom is 0.293 e. The van der Waals surface area contributed by atoms with Crippen LogP contribution >= 0.6 is 0 Å². The molecule has 0 atom stereocenters. The van der Waals surface area contributed by atoms with Gasteiger partial charge >= 0.3 is 0 Å². The van der Waals surface area contributed by atoms with E-state index in [1.807, 2.05) is 0 Å². The van der Waals surface area contributed by atoms with E-state index in [0.29, 0.717) is 11.3 Å². The van der Waals surface area contributed by atoms with Gasteiger partial charge in [0, 0.05) is 6.07 Å². The highest BCUT2D eigenvalue weighted by Gasteiger charge is 2.33. The van der Waals surface area contributed by atoms with Crippen LogP contribution in [0, 0.1) is 6.92 Å².